The minimum absolute atomic E-state index is 0.0929. The lowest BCUT2D eigenvalue weighted by atomic mass is 10.2. The highest BCUT2D eigenvalue weighted by Crippen LogP contribution is 2.17. The summed E-state index contributed by atoms with van der Waals surface area (Å²) >= 11 is 1.65. The van der Waals surface area contributed by atoms with Gasteiger partial charge in [-0.05, 0) is 45.4 Å². The van der Waals surface area contributed by atoms with Gasteiger partial charge >= 0.3 is 0 Å². The van der Waals surface area contributed by atoms with Crippen LogP contribution in [-0.4, -0.2) is 43.3 Å². The van der Waals surface area contributed by atoms with Crippen molar-refractivity contribution >= 4 is 27.3 Å². The number of hydrogen-bond acceptors (Lipinski definition) is 5. The largest absolute Gasteiger partial charge is 0.357 e. The number of nitrogens with one attached hydrogen (secondary N) is 2. The maximum atomic E-state index is 12.5. The number of sulfonamides is 1. The van der Waals surface area contributed by atoms with Crippen molar-refractivity contribution in [2.75, 3.05) is 13.6 Å². The first kappa shape index (κ1) is 22.3. The number of thiazole rings is 1. The van der Waals surface area contributed by atoms with Gasteiger partial charge in [0.1, 0.15) is 5.01 Å². The third kappa shape index (κ3) is 6.02. The second kappa shape index (κ2) is 9.99. The van der Waals surface area contributed by atoms with Gasteiger partial charge in [-0.2, -0.15) is 4.31 Å². The van der Waals surface area contributed by atoms with Crippen LogP contribution in [0.25, 0.3) is 0 Å². The summed E-state index contributed by atoms with van der Waals surface area (Å²) in [4.78, 5) is 10.4. The summed E-state index contributed by atoms with van der Waals surface area (Å²) in [7, 11) is -1.87. The van der Waals surface area contributed by atoms with Gasteiger partial charge in [0, 0.05) is 30.7 Å². The van der Waals surface area contributed by atoms with Crippen LogP contribution in [0.4, 0.5) is 0 Å². The molecule has 0 aliphatic carbocycles. The minimum Gasteiger partial charge on any atom is -0.357 e. The van der Waals surface area contributed by atoms with Crippen molar-refractivity contribution in [3.05, 3.63) is 45.9 Å². The van der Waals surface area contributed by atoms with Gasteiger partial charge in [-0.15, -0.1) is 11.3 Å². The lowest BCUT2D eigenvalue weighted by Gasteiger charge is -2.21. The quantitative estimate of drug-likeness (QED) is 0.504. The van der Waals surface area contributed by atoms with E-state index >= 15 is 0 Å². The van der Waals surface area contributed by atoms with Gasteiger partial charge in [0.25, 0.3) is 0 Å². The monoisotopic (exact) mass is 423 g/mol. The molecule has 0 amide bonds. The SMILES string of the molecule is CCNC(=NCc1ccc(S(=O)(=O)N(C)C(C)C)cc1)NCc1ncc(C)s1. The van der Waals surface area contributed by atoms with E-state index in [1.807, 2.05) is 33.9 Å². The van der Waals surface area contributed by atoms with Crippen LogP contribution < -0.4 is 10.6 Å². The average molecular weight is 424 g/mol. The lowest BCUT2D eigenvalue weighted by molar-refractivity contribution is 0.410. The fraction of sp³-hybridized carbons (Fsp3) is 0.474. The fourth-order valence-corrected chi connectivity index (χ4v) is 4.46. The molecular weight excluding hydrogens is 394 g/mol. The van der Waals surface area contributed by atoms with Gasteiger partial charge in [-0.1, -0.05) is 12.1 Å². The van der Waals surface area contributed by atoms with E-state index in [4.69, 9.17) is 0 Å². The third-order valence-electron chi connectivity index (χ3n) is 4.17. The fourth-order valence-electron chi connectivity index (χ4n) is 2.37. The predicted molar refractivity (Wildman–Crippen MR) is 115 cm³/mol. The molecule has 0 fully saturated rings. The summed E-state index contributed by atoms with van der Waals surface area (Å²) in [6.45, 7) is 9.56. The standard InChI is InChI=1S/C19H29N5O2S2/c1-6-20-19(23-13-18-21-11-15(4)27-18)22-12-16-7-9-17(10-8-16)28(25,26)24(5)14(2)3/h7-11,14H,6,12-13H2,1-5H3,(H2,20,22,23). The van der Waals surface area contributed by atoms with E-state index in [1.165, 1.54) is 9.18 Å². The predicted octanol–water partition coefficient (Wildman–Crippen LogP) is 2.74. The Labute approximate surface area is 172 Å². The summed E-state index contributed by atoms with van der Waals surface area (Å²) in [5, 5.41) is 7.48. The second-order valence-electron chi connectivity index (χ2n) is 6.67. The summed E-state index contributed by atoms with van der Waals surface area (Å²) in [5.74, 6) is 0.701. The van der Waals surface area contributed by atoms with E-state index in [0.29, 0.717) is 23.9 Å². The molecule has 154 valence electrons. The molecular formula is C19H29N5O2S2. The van der Waals surface area contributed by atoms with Crippen molar-refractivity contribution < 1.29 is 8.42 Å². The zero-order valence-corrected chi connectivity index (χ0v) is 18.7. The van der Waals surface area contributed by atoms with Gasteiger partial charge in [-0.3, -0.25) is 0 Å². The molecule has 1 heterocycles. The molecule has 2 rings (SSSR count). The van der Waals surface area contributed by atoms with Gasteiger partial charge in [-0.25, -0.2) is 18.4 Å². The van der Waals surface area contributed by atoms with Crippen LogP contribution in [0.2, 0.25) is 0 Å². The smallest absolute Gasteiger partial charge is 0.243 e. The molecule has 0 saturated carbocycles. The van der Waals surface area contributed by atoms with Crippen molar-refractivity contribution in [1.29, 1.82) is 0 Å². The molecule has 0 atom stereocenters. The highest BCUT2D eigenvalue weighted by molar-refractivity contribution is 7.89. The zero-order valence-electron chi connectivity index (χ0n) is 17.1. The Kier molecular flexibility index (Phi) is 7.97. The molecule has 0 saturated heterocycles. The Hall–Kier alpha value is -1.97. The van der Waals surface area contributed by atoms with Crippen LogP contribution in [0.1, 0.15) is 36.2 Å². The Bertz CT molecular complexity index is 889. The molecule has 0 bridgehead atoms. The lowest BCUT2D eigenvalue weighted by Crippen LogP contribution is -2.36. The normalized spacial score (nSPS) is 12.6. The van der Waals surface area contributed by atoms with E-state index in [-0.39, 0.29) is 6.04 Å². The Balaban J connectivity index is 2.04. The average Bonchev–Trinajstić information content (AvgIpc) is 3.08. The molecule has 1 aromatic carbocycles. The maximum absolute atomic E-state index is 12.5. The molecule has 7 nitrogen and oxygen atoms in total. The van der Waals surface area contributed by atoms with Crippen molar-refractivity contribution in [1.82, 2.24) is 19.9 Å². The first-order valence-corrected chi connectivity index (χ1v) is 11.5. The van der Waals surface area contributed by atoms with Crippen LogP contribution in [0.15, 0.2) is 40.4 Å². The molecule has 28 heavy (non-hydrogen) atoms. The number of benzene rings is 1. The topological polar surface area (TPSA) is 86.7 Å². The molecule has 2 aromatic rings. The molecule has 1 aromatic heterocycles. The molecule has 0 spiro atoms. The summed E-state index contributed by atoms with van der Waals surface area (Å²) < 4.78 is 26.4. The van der Waals surface area contributed by atoms with Crippen LogP contribution in [0.3, 0.4) is 0 Å². The van der Waals surface area contributed by atoms with Crippen molar-refractivity contribution in [2.45, 2.75) is 51.7 Å². The van der Waals surface area contributed by atoms with Crippen LogP contribution >= 0.6 is 11.3 Å². The molecule has 0 aliphatic rings. The molecule has 0 aliphatic heterocycles. The zero-order chi connectivity index (χ0) is 20.7. The number of guanidine groups is 1. The van der Waals surface area contributed by atoms with Crippen LogP contribution in [-0.2, 0) is 23.1 Å². The van der Waals surface area contributed by atoms with Gasteiger partial charge < -0.3 is 10.6 Å². The number of aryl methyl sites for hydroxylation is 1. The number of hydrogen-bond donors (Lipinski definition) is 2. The van der Waals surface area contributed by atoms with Crippen molar-refractivity contribution in [3.8, 4) is 0 Å². The highest BCUT2D eigenvalue weighted by Gasteiger charge is 2.22. The number of nitrogens with zero attached hydrogens (tertiary/aromatic N) is 3. The summed E-state index contributed by atoms with van der Waals surface area (Å²) in [6, 6.07) is 6.79. The van der Waals surface area contributed by atoms with Crippen molar-refractivity contribution in [2.24, 2.45) is 4.99 Å². The highest BCUT2D eigenvalue weighted by atomic mass is 32.2. The summed E-state index contributed by atoms with van der Waals surface area (Å²) in [5.41, 5.74) is 0.938. The van der Waals surface area contributed by atoms with E-state index in [2.05, 4.69) is 20.6 Å². The number of rotatable bonds is 8. The van der Waals surface area contributed by atoms with Gasteiger partial charge in [0.05, 0.1) is 18.0 Å². The summed E-state index contributed by atoms with van der Waals surface area (Å²) in [6.07, 6.45) is 1.86. The molecule has 9 heteroatoms. The molecule has 2 N–H and O–H groups in total. The third-order valence-corrected chi connectivity index (χ3v) is 7.13. The van der Waals surface area contributed by atoms with Gasteiger partial charge in [0.15, 0.2) is 5.96 Å². The Morgan fingerprint density at radius 3 is 2.46 bits per heavy atom. The Morgan fingerprint density at radius 2 is 1.93 bits per heavy atom. The van der Waals surface area contributed by atoms with E-state index in [9.17, 15) is 8.42 Å². The van der Waals surface area contributed by atoms with E-state index in [1.54, 1.807) is 42.6 Å². The maximum Gasteiger partial charge on any atom is 0.243 e. The minimum atomic E-state index is -3.47. The van der Waals surface area contributed by atoms with E-state index < -0.39 is 10.0 Å². The van der Waals surface area contributed by atoms with Gasteiger partial charge in [0.2, 0.25) is 10.0 Å². The van der Waals surface area contributed by atoms with E-state index in [0.717, 1.165) is 17.1 Å². The second-order valence-corrected chi connectivity index (χ2v) is 9.99. The first-order chi connectivity index (χ1) is 13.2. The van der Waals surface area contributed by atoms with Crippen LogP contribution in [0, 0.1) is 6.92 Å². The van der Waals surface area contributed by atoms with Crippen LogP contribution in [0.5, 0.6) is 0 Å². The number of aromatic nitrogens is 1. The van der Waals surface area contributed by atoms with Crippen molar-refractivity contribution in [3.63, 3.8) is 0 Å². The molecule has 0 radical (unpaired) electrons. The molecule has 0 unspecified atom stereocenters. The Morgan fingerprint density at radius 1 is 1.25 bits per heavy atom. The first-order valence-electron chi connectivity index (χ1n) is 9.24. The number of aliphatic imine (C=N–C) groups is 1.